The van der Waals surface area contributed by atoms with Crippen molar-refractivity contribution < 1.29 is 22.7 Å². The molecule has 1 heterocycles. The van der Waals surface area contributed by atoms with E-state index in [0.29, 0.717) is 13.1 Å². The van der Waals surface area contributed by atoms with Crippen LogP contribution in [0, 0.1) is 0 Å². The molecule has 0 atom stereocenters. The van der Waals surface area contributed by atoms with Gasteiger partial charge in [0.1, 0.15) is 10.6 Å². The SMILES string of the molecule is NC(=O)COc1ccccc1C(=O)Nc1ccc(Cl)c(S(=O)(=O)N2CCCCC2)c1. The first-order valence-electron chi connectivity index (χ1n) is 9.40. The second-order valence-electron chi connectivity index (χ2n) is 6.82. The average Bonchev–Trinajstić information content (AvgIpc) is 2.74. The molecule has 1 aliphatic rings. The molecule has 1 saturated heterocycles. The van der Waals surface area contributed by atoms with Gasteiger partial charge in [-0.25, -0.2) is 8.42 Å². The second kappa shape index (κ2) is 9.46. The lowest BCUT2D eigenvalue weighted by molar-refractivity contribution is -0.119. The van der Waals surface area contributed by atoms with Crippen LogP contribution in [-0.4, -0.2) is 44.2 Å². The molecule has 0 unspecified atom stereocenters. The fraction of sp³-hybridized carbons (Fsp3) is 0.300. The van der Waals surface area contributed by atoms with Crippen molar-refractivity contribution in [3.63, 3.8) is 0 Å². The molecule has 0 bridgehead atoms. The largest absolute Gasteiger partial charge is 0.483 e. The van der Waals surface area contributed by atoms with Gasteiger partial charge < -0.3 is 15.8 Å². The minimum Gasteiger partial charge on any atom is -0.483 e. The highest BCUT2D eigenvalue weighted by molar-refractivity contribution is 7.89. The standard InChI is InChI=1S/C20H22ClN3O5S/c21-16-9-8-14(12-18(16)30(27,28)24-10-4-1-5-11-24)23-20(26)15-6-2-3-7-17(15)29-13-19(22)25/h2-3,6-9,12H,1,4-5,10-11,13H2,(H2,22,25)(H,23,26). The van der Waals surface area contributed by atoms with Gasteiger partial charge in [-0.05, 0) is 43.2 Å². The van der Waals surface area contributed by atoms with E-state index < -0.39 is 21.8 Å². The van der Waals surface area contributed by atoms with Crippen LogP contribution in [0.5, 0.6) is 5.75 Å². The number of nitrogens with zero attached hydrogens (tertiary/aromatic N) is 1. The Morgan fingerprint density at radius 3 is 2.50 bits per heavy atom. The predicted octanol–water partition coefficient (Wildman–Crippen LogP) is 2.63. The van der Waals surface area contributed by atoms with Crippen LogP contribution >= 0.6 is 11.6 Å². The van der Waals surface area contributed by atoms with E-state index in [1.165, 1.54) is 34.6 Å². The van der Waals surface area contributed by atoms with Gasteiger partial charge in [0.05, 0.1) is 10.6 Å². The number of halogens is 1. The van der Waals surface area contributed by atoms with E-state index in [2.05, 4.69) is 5.32 Å². The first kappa shape index (κ1) is 22.1. The van der Waals surface area contributed by atoms with E-state index in [-0.39, 0.29) is 33.5 Å². The Labute approximate surface area is 180 Å². The summed E-state index contributed by atoms with van der Waals surface area (Å²) in [7, 11) is -3.77. The summed E-state index contributed by atoms with van der Waals surface area (Å²) in [6.07, 6.45) is 2.60. The number of carbonyl (C=O) groups is 2. The molecule has 8 nitrogen and oxygen atoms in total. The molecule has 0 spiro atoms. The third-order valence-corrected chi connectivity index (χ3v) is 7.00. The predicted molar refractivity (Wildman–Crippen MR) is 113 cm³/mol. The Morgan fingerprint density at radius 1 is 1.10 bits per heavy atom. The Kier molecular flexibility index (Phi) is 6.96. The number of amides is 2. The number of primary amides is 1. The number of anilines is 1. The quantitative estimate of drug-likeness (QED) is 0.670. The number of rotatable bonds is 7. The molecule has 0 aromatic heterocycles. The molecular weight excluding hydrogens is 430 g/mol. The number of para-hydroxylation sites is 1. The van der Waals surface area contributed by atoms with Gasteiger partial charge in [-0.3, -0.25) is 9.59 Å². The number of hydrogen-bond acceptors (Lipinski definition) is 5. The van der Waals surface area contributed by atoms with E-state index in [1.54, 1.807) is 12.1 Å². The van der Waals surface area contributed by atoms with Crippen molar-refractivity contribution in [2.75, 3.05) is 25.0 Å². The molecular formula is C20H22ClN3O5S. The first-order chi connectivity index (χ1) is 14.3. The Balaban J connectivity index is 1.84. The van der Waals surface area contributed by atoms with Crippen molar-refractivity contribution in [3.8, 4) is 5.75 Å². The molecule has 30 heavy (non-hydrogen) atoms. The van der Waals surface area contributed by atoms with Gasteiger partial charge in [-0.15, -0.1) is 0 Å². The van der Waals surface area contributed by atoms with Crippen LogP contribution < -0.4 is 15.8 Å². The zero-order valence-corrected chi connectivity index (χ0v) is 17.7. The molecule has 0 radical (unpaired) electrons. The van der Waals surface area contributed by atoms with Gasteiger partial charge in [0.25, 0.3) is 11.8 Å². The van der Waals surface area contributed by atoms with E-state index in [9.17, 15) is 18.0 Å². The summed E-state index contributed by atoms with van der Waals surface area (Å²) in [5.74, 6) is -1.02. The maximum absolute atomic E-state index is 13.0. The van der Waals surface area contributed by atoms with Crippen LogP contribution in [-0.2, 0) is 14.8 Å². The number of nitrogens with one attached hydrogen (secondary N) is 1. The van der Waals surface area contributed by atoms with Crippen LogP contribution in [0.4, 0.5) is 5.69 Å². The van der Waals surface area contributed by atoms with Crippen molar-refractivity contribution in [2.24, 2.45) is 5.73 Å². The fourth-order valence-electron chi connectivity index (χ4n) is 3.15. The monoisotopic (exact) mass is 451 g/mol. The Morgan fingerprint density at radius 2 is 1.80 bits per heavy atom. The highest BCUT2D eigenvalue weighted by Crippen LogP contribution is 2.30. The molecule has 0 aliphatic carbocycles. The summed E-state index contributed by atoms with van der Waals surface area (Å²) in [6.45, 7) is 0.517. The normalized spacial score (nSPS) is 14.8. The number of hydrogen-bond donors (Lipinski definition) is 2. The lowest BCUT2D eigenvalue weighted by Crippen LogP contribution is -2.35. The molecule has 1 aliphatic heterocycles. The zero-order valence-electron chi connectivity index (χ0n) is 16.1. The maximum atomic E-state index is 13.0. The molecule has 2 aromatic rings. The summed E-state index contributed by atoms with van der Waals surface area (Å²) in [4.78, 5) is 23.6. The van der Waals surface area contributed by atoms with Crippen LogP contribution in [0.1, 0.15) is 29.6 Å². The molecule has 2 amide bonds. The molecule has 3 N–H and O–H groups in total. The molecule has 10 heteroatoms. The highest BCUT2D eigenvalue weighted by Gasteiger charge is 2.28. The smallest absolute Gasteiger partial charge is 0.259 e. The summed E-state index contributed by atoms with van der Waals surface area (Å²) in [5, 5.41) is 2.74. The fourth-order valence-corrected chi connectivity index (χ4v) is 5.17. The number of sulfonamides is 1. The van der Waals surface area contributed by atoms with Gasteiger partial charge in [0, 0.05) is 18.8 Å². The van der Waals surface area contributed by atoms with Gasteiger partial charge >= 0.3 is 0 Å². The molecule has 3 rings (SSSR count). The van der Waals surface area contributed by atoms with Gasteiger partial charge in [0.2, 0.25) is 10.0 Å². The first-order valence-corrected chi connectivity index (χ1v) is 11.2. The number of ether oxygens (including phenoxy) is 1. The van der Waals surface area contributed by atoms with Crippen molar-refractivity contribution in [2.45, 2.75) is 24.2 Å². The summed E-state index contributed by atoms with van der Waals surface area (Å²) in [6, 6.07) is 10.6. The van der Waals surface area contributed by atoms with E-state index >= 15 is 0 Å². The second-order valence-corrected chi connectivity index (χ2v) is 9.13. The Bertz CT molecular complexity index is 1050. The van der Waals surface area contributed by atoms with Crippen LogP contribution in [0.2, 0.25) is 5.02 Å². The van der Waals surface area contributed by atoms with Crippen LogP contribution in [0.25, 0.3) is 0 Å². The minimum absolute atomic E-state index is 0.0536. The van der Waals surface area contributed by atoms with Crippen molar-refractivity contribution in [3.05, 3.63) is 53.1 Å². The minimum atomic E-state index is -3.77. The molecule has 1 fully saturated rings. The summed E-state index contributed by atoms with van der Waals surface area (Å²) in [5.41, 5.74) is 5.53. The molecule has 0 saturated carbocycles. The lowest BCUT2D eigenvalue weighted by atomic mass is 10.2. The number of piperidine rings is 1. The van der Waals surface area contributed by atoms with Crippen LogP contribution in [0.3, 0.4) is 0 Å². The van der Waals surface area contributed by atoms with E-state index in [0.717, 1.165) is 19.3 Å². The van der Waals surface area contributed by atoms with Crippen molar-refractivity contribution in [1.82, 2.24) is 4.31 Å². The van der Waals surface area contributed by atoms with Crippen LogP contribution in [0.15, 0.2) is 47.4 Å². The number of benzene rings is 2. The number of carbonyl (C=O) groups excluding carboxylic acids is 2. The van der Waals surface area contributed by atoms with Gasteiger partial charge in [-0.1, -0.05) is 30.2 Å². The van der Waals surface area contributed by atoms with E-state index in [4.69, 9.17) is 22.1 Å². The summed E-state index contributed by atoms with van der Waals surface area (Å²) < 4.78 is 32.7. The third kappa shape index (κ3) is 5.10. The van der Waals surface area contributed by atoms with E-state index in [1.807, 2.05) is 0 Å². The highest BCUT2D eigenvalue weighted by atomic mass is 35.5. The third-order valence-electron chi connectivity index (χ3n) is 4.62. The van der Waals surface area contributed by atoms with Gasteiger partial charge in [0.15, 0.2) is 6.61 Å². The average molecular weight is 452 g/mol. The Hall–Kier alpha value is -2.62. The maximum Gasteiger partial charge on any atom is 0.259 e. The van der Waals surface area contributed by atoms with Gasteiger partial charge in [-0.2, -0.15) is 4.31 Å². The van der Waals surface area contributed by atoms with Crippen molar-refractivity contribution in [1.29, 1.82) is 0 Å². The number of nitrogens with two attached hydrogens (primary N) is 1. The topological polar surface area (TPSA) is 119 Å². The molecule has 160 valence electrons. The molecule has 2 aromatic carbocycles. The van der Waals surface area contributed by atoms with Crippen molar-refractivity contribution >= 4 is 39.1 Å². The zero-order chi connectivity index (χ0) is 21.7. The summed E-state index contributed by atoms with van der Waals surface area (Å²) >= 11 is 6.17. The lowest BCUT2D eigenvalue weighted by Gasteiger charge is -2.26.